The van der Waals surface area contributed by atoms with Gasteiger partial charge in [0.25, 0.3) is 5.91 Å². The van der Waals surface area contributed by atoms with E-state index in [2.05, 4.69) is 25.3 Å². The van der Waals surface area contributed by atoms with Gasteiger partial charge in [0.1, 0.15) is 11.6 Å². The summed E-state index contributed by atoms with van der Waals surface area (Å²) < 4.78 is 72.7. The van der Waals surface area contributed by atoms with Crippen LogP contribution in [0.4, 0.5) is 29.6 Å². The Kier molecular flexibility index (Phi) is 6.80. The molecule has 0 aliphatic heterocycles. The highest BCUT2D eigenvalue weighted by Gasteiger charge is 2.35. The maximum absolute atomic E-state index is 14.0. The smallest absolute Gasteiger partial charge is 0.418 e. The number of halogens is 3. The summed E-state index contributed by atoms with van der Waals surface area (Å²) in [5.41, 5.74) is -2.08. The van der Waals surface area contributed by atoms with Crippen LogP contribution in [0.5, 0.6) is 0 Å². The number of hydrogen-bond donors (Lipinski definition) is 2. The summed E-state index contributed by atoms with van der Waals surface area (Å²) in [6.07, 6.45) is -2.94. The van der Waals surface area contributed by atoms with E-state index in [0.29, 0.717) is 23.8 Å². The third-order valence-corrected chi connectivity index (χ3v) is 7.76. The number of aryl methyl sites for hydroxylation is 1. The Hall–Kier alpha value is -4.62. The number of alkyl halides is 3. The summed E-state index contributed by atoms with van der Waals surface area (Å²) in [4.78, 5) is 48.6. The molecule has 1 aliphatic carbocycles. The molecule has 0 spiro atoms. The van der Waals surface area contributed by atoms with Gasteiger partial charge in [-0.3, -0.25) is 13.9 Å². The lowest BCUT2D eigenvalue weighted by Gasteiger charge is -2.23. The molecule has 2 amide bonds. The molecule has 0 bridgehead atoms. The highest BCUT2D eigenvalue weighted by molar-refractivity contribution is 6.07. The number of carbonyl (C=O) groups excluding carboxylic acids is 2. The van der Waals surface area contributed by atoms with Crippen molar-refractivity contribution in [2.75, 3.05) is 19.5 Å². The number of amides is 2. The van der Waals surface area contributed by atoms with Gasteiger partial charge in [-0.05, 0) is 45.2 Å². The van der Waals surface area contributed by atoms with E-state index in [0.717, 1.165) is 6.07 Å². The summed E-state index contributed by atoms with van der Waals surface area (Å²) in [5, 5.41) is 5.57. The first-order valence-corrected chi connectivity index (χ1v) is 13.5. The number of nitrogens with one attached hydrogen (secondary N) is 2. The molecule has 2 N–H and O–H groups in total. The van der Waals surface area contributed by atoms with Crippen LogP contribution in [0.15, 0.2) is 41.3 Å². The Morgan fingerprint density at radius 2 is 1.95 bits per heavy atom. The van der Waals surface area contributed by atoms with Crippen molar-refractivity contribution in [3.05, 3.63) is 58.1 Å². The molecule has 2 atom stereocenters. The first-order chi connectivity index (χ1) is 21.5. The molecule has 0 unspecified atom stereocenters. The highest BCUT2D eigenvalue weighted by Crippen LogP contribution is 2.37. The van der Waals surface area contributed by atoms with Gasteiger partial charge in [0, 0.05) is 47.7 Å². The van der Waals surface area contributed by atoms with Gasteiger partial charge in [-0.2, -0.15) is 13.2 Å². The van der Waals surface area contributed by atoms with Crippen LogP contribution in [-0.2, 0) is 17.9 Å². The standard InChI is InChI=1S/C29H32F3N7O4/c1-15(2)37(3)26(40)19-12-24(36-25-18(19)7-6-8-20(25)29(30,31)32)35-23-13-21-22(14-33-23)38(4)28(42)39(21)17-10-9-16(11-17)34-27(41)43-5/h6-8,12-17H,9-11H2,1-5H3,(H,34,41)(H,33,35,36)/t16-,17-/m1/s1/i4D3. The van der Waals surface area contributed by atoms with Crippen LogP contribution in [0.25, 0.3) is 21.9 Å². The molecule has 1 fully saturated rings. The van der Waals surface area contributed by atoms with Crippen LogP contribution in [0.1, 0.15) is 59.2 Å². The summed E-state index contributed by atoms with van der Waals surface area (Å²) >= 11 is 0. The highest BCUT2D eigenvalue weighted by atomic mass is 19.4. The lowest BCUT2D eigenvalue weighted by molar-refractivity contribution is -0.136. The first kappa shape index (κ1) is 26.0. The average Bonchev–Trinajstić information content (AvgIpc) is 3.55. The van der Waals surface area contributed by atoms with Crippen molar-refractivity contribution in [1.82, 2.24) is 29.3 Å². The van der Waals surface area contributed by atoms with Crippen LogP contribution >= 0.6 is 0 Å². The van der Waals surface area contributed by atoms with Crippen LogP contribution in [0.2, 0.25) is 0 Å². The quantitative estimate of drug-likeness (QED) is 0.319. The number of aromatic nitrogens is 4. The predicted octanol–water partition coefficient (Wildman–Crippen LogP) is 4.98. The average molecular weight is 603 g/mol. The number of hydrogen-bond acceptors (Lipinski definition) is 7. The van der Waals surface area contributed by atoms with E-state index in [-0.39, 0.29) is 45.7 Å². The molecule has 5 rings (SSSR count). The Morgan fingerprint density at radius 1 is 1.19 bits per heavy atom. The second-order valence-electron chi connectivity index (χ2n) is 10.7. The summed E-state index contributed by atoms with van der Waals surface area (Å²) in [6, 6.07) is 5.17. The predicted molar refractivity (Wildman–Crippen MR) is 154 cm³/mol. The number of carbonyl (C=O) groups is 2. The zero-order valence-corrected chi connectivity index (χ0v) is 23.8. The van der Waals surface area contributed by atoms with Gasteiger partial charge in [-0.25, -0.2) is 19.6 Å². The minimum Gasteiger partial charge on any atom is -0.453 e. The van der Waals surface area contributed by atoms with Gasteiger partial charge in [-0.15, -0.1) is 0 Å². The van der Waals surface area contributed by atoms with E-state index < -0.39 is 48.0 Å². The second-order valence-corrected chi connectivity index (χ2v) is 10.7. The Bertz CT molecular complexity index is 1890. The van der Waals surface area contributed by atoms with Crippen molar-refractivity contribution in [1.29, 1.82) is 0 Å². The maximum Gasteiger partial charge on any atom is 0.418 e. The number of pyridine rings is 2. The fourth-order valence-corrected chi connectivity index (χ4v) is 5.36. The van der Waals surface area contributed by atoms with Crippen LogP contribution in [0, 0.1) is 0 Å². The second kappa shape index (κ2) is 11.2. The molecule has 3 aromatic heterocycles. The number of rotatable bonds is 6. The molecule has 4 aromatic rings. The fraction of sp³-hybridized carbons (Fsp3) is 0.414. The molecule has 3 heterocycles. The van der Waals surface area contributed by atoms with Crippen LogP contribution in [-0.4, -0.2) is 62.2 Å². The van der Waals surface area contributed by atoms with E-state index in [1.807, 2.05) is 0 Å². The number of alkyl carbamates (subject to hydrolysis) is 1. The lowest BCUT2D eigenvalue weighted by Crippen LogP contribution is -2.33. The van der Waals surface area contributed by atoms with Crippen molar-refractivity contribution in [2.45, 2.75) is 57.4 Å². The molecular formula is C29H32F3N7O4. The fourth-order valence-electron chi connectivity index (χ4n) is 5.36. The number of ether oxygens (including phenoxy) is 1. The number of nitrogens with zero attached hydrogens (tertiary/aromatic N) is 5. The molecular weight excluding hydrogens is 567 g/mol. The number of fused-ring (bicyclic) bond motifs is 2. The van der Waals surface area contributed by atoms with Gasteiger partial charge < -0.3 is 20.3 Å². The Labute approximate surface area is 248 Å². The number of anilines is 2. The molecule has 0 radical (unpaired) electrons. The molecule has 14 heteroatoms. The molecule has 1 aromatic carbocycles. The molecule has 228 valence electrons. The Balaban J connectivity index is 1.63. The van der Waals surface area contributed by atoms with E-state index in [4.69, 9.17) is 4.11 Å². The topological polar surface area (TPSA) is 123 Å². The van der Waals surface area contributed by atoms with Gasteiger partial charge in [0.15, 0.2) is 0 Å². The van der Waals surface area contributed by atoms with E-state index in [9.17, 15) is 27.6 Å². The van der Waals surface area contributed by atoms with E-state index in [1.165, 1.54) is 47.0 Å². The normalized spacial score (nSPS) is 18.4. The van der Waals surface area contributed by atoms with Crippen molar-refractivity contribution in [2.24, 2.45) is 6.98 Å². The van der Waals surface area contributed by atoms with E-state index >= 15 is 0 Å². The molecule has 43 heavy (non-hydrogen) atoms. The first-order valence-electron chi connectivity index (χ1n) is 15.0. The SMILES string of the molecule is [2H]C([2H])([2H])n1c(=O)n([C@@H]2CC[C@@H](NC(=O)OC)C2)c2cc(Nc3cc(C(=O)N(C)C(C)C)c4cccc(C(F)(F)F)c4n3)ncc21. The zero-order valence-electron chi connectivity index (χ0n) is 26.8. The van der Waals surface area contributed by atoms with Crippen molar-refractivity contribution < 1.29 is 31.6 Å². The summed E-state index contributed by atoms with van der Waals surface area (Å²) in [5.74, 6) is -0.602. The van der Waals surface area contributed by atoms with Crippen molar-refractivity contribution in [3.63, 3.8) is 0 Å². The molecule has 1 saturated carbocycles. The van der Waals surface area contributed by atoms with Crippen LogP contribution in [0.3, 0.4) is 0 Å². The maximum atomic E-state index is 14.0. The molecule has 1 aliphatic rings. The van der Waals surface area contributed by atoms with Gasteiger partial charge in [0.2, 0.25) is 0 Å². The van der Waals surface area contributed by atoms with Gasteiger partial charge >= 0.3 is 18.0 Å². The minimum atomic E-state index is -4.76. The monoisotopic (exact) mass is 602 g/mol. The minimum absolute atomic E-state index is 0.0141. The largest absolute Gasteiger partial charge is 0.453 e. The number of benzene rings is 1. The van der Waals surface area contributed by atoms with Gasteiger partial charge in [0.05, 0.1) is 41.0 Å². The van der Waals surface area contributed by atoms with Crippen molar-refractivity contribution in [3.8, 4) is 0 Å². The van der Waals surface area contributed by atoms with E-state index in [1.54, 1.807) is 20.9 Å². The number of imidazole rings is 1. The number of methoxy groups -OCH3 is 1. The van der Waals surface area contributed by atoms with Crippen molar-refractivity contribution >= 4 is 45.6 Å². The third-order valence-electron chi connectivity index (χ3n) is 7.76. The number of para-hydroxylation sites is 1. The third kappa shape index (κ3) is 5.60. The Morgan fingerprint density at radius 3 is 2.63 bits per heavy atom. The molecule has 0 saturated heterocycles. The zero-order chi connectivity index (χ0) is 33.7. The lowest BCUT2D eigenvalue weighted by atomic mass is 10.0. The molecule has 11 nitrogen and oxygen atoms in total. The van der Waals surface area contributed by atoms with Crippen LogP contribution < -0.4 is 16.3 Å². The summed E-state index contributed by atoms with van der Waals surface area (Å²) in [6.45, 7) is 0.693. The summed E-state index contributed by atoms with van der Waals surface area (Å²) in [7, 11) is 2.77. The van der Waals surface area contributed by atoms with Gasteiger partial charge in [-0.1, -0.05) is 12.1 Å².